The summed E-state index contributed by atoms with van der Waals surface area (Å²) in [5.41, 5.74) is 3.23. The molecule has 1 saturated heterocycles. The molecule has 0 radical (unpaired) electrons. The molecule has 2 nitrogen and oxygen atoms in total. The molecule has 0 saturated carbocycles. The maximum Gasteiger partial charge on any atom is 0.160 e. The molecule has 2 N–H and O–H groups in total. The van der Waals surface area contributed by atoms with Gasteiger partial charge in [0.05, 0.1) is 0 Å². The maximum absolute atomic E-state index is 13.4. The van der Waals surface area contributed by atoms with E-state index >= 15 is 0 Å². The molecule has 4 rings (SSSR count). The zero-order chi connectivity index (χ0) is 19.3. The highest BCUT2D eigenvalue weighted by Gasteiger charge is 2.29. The van der Waals surface area contributed by atoms with Crippen molar-refractivity contribution in [1.29, 1.82) is 0 Å². The van der Waals surface area contributed by atoms with E-state index in [2.05, 4.69) is 59.2 Å². The number of hydrogen-bond donors (Lipinski definition) is 2. The summed E-state index contributed by atoms with van der Waals surface area (Å²) < 4.78 is 26.6. The van der Waals surface area contributed by atoms with Gasteiger partial charge < -0.3 is 10.6 Å². The molecule has 0 aliphatic carbocycles. The van der Waals surface area contributed by atoms with Gasteiger partial charge in [0.25, 0.3) is 0 Å². The number of halogens is 2. The van der Waals surface area contributed by atoms with Crippen molar-refractivity contribution in [2.45, 2.75) is 30.8 Å². The van der Waals surface area contributed by atoms with E-state index in [0.717, 1.165) is 25.5 Å². The van der Waals surface area contributed by atoms with Crippen molar-refractivity contribution in [3.8, 4) is 0 Å². The van der Waals surface area contributed by atoms with Gasteiger partial charge >= 0.3 is 0 Å². The average Bonchev–Trinajstić information content (AvgIpc) is 2.74. The van der Waals surface area contributed by atoms with Crippen LogP contribution < -0.4 is 10.6 Å². The summed E-state index contributed by atoms with van der Waals surface area (Å²) in [5.74, 6) is -1.35. The first-order valence-corrected chi connectivity index (χ1v) is 9.75. The van der Waals surface area contributed by atoms with E-state index in [1.54, 1.807) is 6.07 Å². The molecule has 144 valence electrons. The first kappa shape index (κ1) is 18.6. The van der Waals surface area contributed by atoms with Gasteiger partial charge in [-0.1, -0.05) is 60.7 Å². The summed E-state index contributed by atoms with van der Waals surface area (Å²) >= 11 is 0. The van der Waals surface area contributed by atoms with Crippen molar-refractivity contribution >= 4 is 5.69 Å². The summed E-state index contributed by atoms with van der Waals surface area (Å²) in [4.78, 5) is 0. The molecule has 3 aromatic carbocycles. The fourth-order valence-electron chi connectivity index (χ4n) is 4.09. The van der Waals surface area contributed by atoms with Gasteiger partial charge in [0.1, 0.15) is 0 Å². The molecule has 4 heteroatoms. The van der Waals surface area contributed by atoms with Crippen molar-refractivity contribution in [2.24, 2.45) is 0 Å². The van der Waals surface area contributed by atoms with E-state index in [0.29, 0.717) is 11.7 Å². The quantitative estimate of drug-likeness (QED) is 0.627. The summed E-state index contributed by atoms with van der Waals surface area (Å²) in [6.45, 7) is 0.778. The van der Waals surface area contributed by atoms with Gasteiger partial charge in [-0.3, -0.25) is 0 Å². The Hall–Kier alpha value is -2.72. The largest absolute Gasteiger partial charge is 0.381 e. The van der Waals surface area contributed by atoms with Crippen LogP contribution in [-0.4, -0.2) is 18.6 Å². The van der Waals surface area contributed by atoms with Crippen LogP contribution in [0.15, 0.2) is 78.9 Å². The Bertz CT molecular complexity index is 851. The van der Waals surface area contributed by atoms with E-state index in [-0.39, 0.29) is 12.0 Å². The molecule has 0 unspecified atom stereocenters. The monoisotopic (exact) mass is 378 g/mol. The molecule has 28 heavy (non-hydrogen) atoms. The van der Waals surface area contributed by atoms with Gasteiger partial charge in [-0.25, -0.2) is 8.78 Å². The fourth-order valence-corrected chi connectivity index (χ4v) is 4.09. The number of anilines is 1. The van der Waals surface area contributed by atoms with Crippen LogP contribution in [0.1, 0.15) is 29.9 Å². The highest BCUT2D eigenvalue weighted by atomic mass is 19.2. The molecule has 0 spiro atoms. The number of rotatable bonds is 5. The predicted molar refractivity (Wildman–Crippen MR) is 110 cm³/mol. The first-order valence-electron chi connectivity index (χ1n) is 9.75. The van der Waals surface area contributed by atoms with Crippen molar-refractivity contribution in [3.05, 3.63) is 102 Å². The Labute approximate surface area is 164 Å². The van der Waals surface area contributed by atoms with Crippen LogP contribution in [0, 0.1) is 11.6 Å². The van der Waals surface area contributed by atoms with Crippen molar-refractivity contribution < 1.29 is 8.78 Å². The number of benzene rings is 3. The molecule has 1 aliphatic heterocycles. The van der Waals surface area contributed by atoms with E-state index in [1.807, 2.05) is 12.1 Å². The van der Waals surface area contributed by atoms with E-state index < -0.39 is 11.6 Å². The minimum atomic E-state index is -0.820. The van der Waals surface area contributed by atoms with Crippen molar-refractivity contribution in [3.63, 3.8) is 0 Å². The van der Waals surface area contributed by atoms with Crippen molar-refractivity contribution in [2.75, 3.05) is 11.9 Å². The van der Waals surface area contributed by atoms with Crippen LogP contribution >= 0.6 is 0 Å². The topological polar surface area (TPSA) is 24.1 Å². The Morgan fingerprint density at radius 3 is 1.96 bits per heavy atom. The van der Waals surface area contributed by atoms with Gasteiger partial charge in [-0.05, 0) is 36.1 Å². The molecule has 0 amide bonds. The SMILES string of the molecule is Fc1ccc(N[C@@H]2CC[C@H](C(c3ccccc3)c3ccccc3)NC2)cc1F. The summed E-state index contributed by atoms with van der Waals surface area (Å²) in [6, 6.07) is 25.7. The molecule has 1 aliphatic rings. The van der Waals surface area contributed by atoms with Gasteiger partial charge in [0.2, 0.25) is 0 Å². The van der Waals surface area contributed by atoms with Crippen LogP contribution in [0.25, 0.3) is 0 Å². The molecule has 3 aromatic rings. The Kier molecular flexibility index (Phi) is 5.68. The van der Waals surface area contributed by atoms with E-state index in [4.69, 9.17) is 0 Å². The minimum absolute atomic E-state index is 0.188. The van der Waals surface area contributed by atoms with Gasteiger partial charge in [-0.15, -0.1) is 0 Å². The second-order valence-electron chi connectivity index (χ2n) is 7.36. The molecular weight excluding hydrogens is 354 g/mol. The molecule has 2 atom stereocenters. The minimum Gasteiger partial charge on any atom is -0.381 e. The molecular formula is C24H24F2N2. The lowest BCUT2D eigenvalue weighted by Gasteiger charge is -2.36. The number of piperidine rings is 1. The Morgan fingerprint density at radius 1 is 0.786 bits per heavy atom. The highest BCUT2D eigenvalue weighted by molar-refractivity contribution is 5.44. The maximum atomic E-state index is 13.4. The third-order valence-corrected chi connectivity index (χ3v) is 5.46. The van der Waals surface area contributed by atoms with E-state index in [1.165, 1.54) is 17.2 Å². The normalized spacial score (nSPS) is 19.5. The standard InChI is InChI=1S/C24H24F2N2/c25-21-13-11-19(15-22(21)26)28-20-12-14-23(27-16-20)24(17-7-3-1-4-8-17)18-9-5-2-6-10-18/h1-11,13,15,20,23-24,27-28H,12,14,16H2/t20-,23-/m1/s1. The van der Waals surface area contributed by atoms with Crippen LogP contribution in [0.5, 0.6) is 0 Å². The molecule has 0 bridgehead atoms. The second kappa shape index (κ2) is 8.53. The smallest absolute Gasteiger partial charge is 0.160 e. The van der Waals surface area contributed by atoms with Gasteiger partial charge in [0, 0.05) is 36.3 Å². The zero-order valence-electron chi connectivity index (χ0n) is 15.6. The lowest BCUT2D eigenvalue weighted by molar-refractivity contribution is 0.353. The van der Waals surface area contributed by atoms with Crippen molar-refractivity contribution in [1.82, 2.24) is 5.32 Å². The first-order chi connectivity index (χ1) is 13.7. The summed E-state index contributed by atoms with van der Waals surface area (Å²) in [7, 11) is 0. The predicted octanol–water partition coefficient (Wildman–Crippen LogP) is 5.33. The second-order valence-corrected chi connectivity index (χ2v) is 7.36. The highest BCUT2D eigenvalue weighted by Crippen LogP contribution is 2.32. The number of nitrogens with one attached hydrogen (secondary N) is 2. The lowest BCUT2D eigenvalue weighted by atomic mass is 9.81. The van der Waals surface area contributed by atoms with Crippen LogP contribution in [0.3, 0.4) is 0 Å². The lowest BCUT2D eigenvalue weighted by Crippen LogP contribution is -2.47. The number of hydrogen-bond acceptors (Lipinski definition) is 2. The van der Waals surface area contributed by atoms with Gasteiger partial charge in [0.15, 0.2) is 11.6 Å². The van der Waals surface area contributed by atoms with Crippen LogP contribution in [-0.2, 0) is 0 Å². The summed E-state index contributed by atoms with van der Waals surface area (Å²) in [6.07, 6.45) is 1.96. The molecule has 1 heterocycles. The Morgan fingerprint density at radius 2 is 1.43 bits per heavy atom. The third-order valence-electron chi connectivity index (χ3n) is 5.46. The molecule has 0 aromatic heterocycles. The zero-order valence-corrected chi connectivity index (χ0v) is 15.6. The fraction of sp³-hybridized carbons (Fsp3) is 0.250. The van der Waals surface area contributed by atoms with E-state index in [9.17, 15) is 8.78 Å². The molecule has 1 fully saturated rings. The van der Waals surface area contributed by atoms with Crippen LogP contribution in [0.2, 0.25) is 0 Å². The summed E-state index contributed by atoms with van der Waals surface area (Å²) in [5, 5.41) is 7.00. The Balaban J connectivity index is 1.46. The average molecular weight is 378 g/mol. The van der Waals surface area contributed by atoms with Gasteiger partial charge in [-0.2, -0.15) is 0 Å². The van der Waals surface area contributed by atoms with Crippen LogP contribution in [0.4, 0.5) is 14.5 Å². The third kappa shape index (κ3) is 4.23.